The minimum atomic E-state index is 0.599. The molecule has 1 aliphatic carbocycles. The Morgan fingerprint density at radius 3 is 2.76 bits per heavy atom. The van der Waals surface area contributed by atoms with E-state index in [0.717, 1.165) is 18.8 Å². The van der Waals surface area contributed by atoms with Crippen LogP contribution in [0.3, 0.4) is 0 Å². The highest BCUT2D eigenvalue weighted by molar-refractivity contribution is 5.07. The zero-order valence-electron chi connectivity index (χ0n) is 10.5. The fraction of sp³-hybridized carbons (Fsp3) is 0.667. The molecule has 0 saturated heterocycles. The molecule has 1 aliphatic rings. The molecule has 1 aromatic heterocycles. The van der Waals surface area contributed by atoms with Gasteiger partial charge in [-0.3, -0.25) is 4.98 Å². The summed E-state index contributed by atoms with van der Waals surface area (Å²) in [5.41, 5.74) is 0.969. The van der Waals surface area contributed by atoms with Crippen LogP contribution in [0.25, 0.3) is 0 Å². The van der Waals surface area contributed by atoms with Crippen LogP contribution in [0.5, 0.6) is 5.88 Å². The van der Waals surface area contributed by atoms with Crippen molar-refractivity contribution in [3.8, 4) is 5.88 Å². The molecule has 94 valence electrons. The van der Waals surface area contributed by atoms with Crippen LogP contribution in [0.4, 0.5) is 0 Å². The Hall–Kier alpha value is -1.20. The smallest absolute Gasteiger partial charge is 0.232 e. The quantitative estimate of drug-likeness (QED) is 0.754. The zero-order chi connectivity index (χ0) is 12.1. The first kappa shape index (κ1) is 12.3. The number of nitrogens with zero attached hydrogens (tertiary/aromatic N) is 3. The third-order valence-electron chi connectivity index (χ3n) is 2.62. The van der Waals surface area contributed by atoms with E-state index in [1.807, 2.05) is 14.1 Å². The predicted molar refractivity (Wildman–Crippen MR) is 65.9 cm³/mol. The highest BCUT2D eigenvalue weighted by Gasteiger charge is 2.20. The van der Waals surface area contributed by atoms with Gasteiger partial charge in [0.15, 0.2) is 0 Å². The molecule has 0 aromatic carbocycles. The van der Waals surface area contributed by atoms with E-state index in [9.17, 15) is 0 Å². The lowest BCUT2D eigenvalue weighted by atomic mass is 10.4. The SMILES string of the molecule is CN(C)CCOc1cnc(CNC2CC2)cn1. The van der Waals surface area contributed by atoms with Crippen LogP contribution in [0.2, 0.25) is 0 Å². The second-order valence-electron chi connectivity index (χ2n) is 4.65. The third-order valence-corrected chi connectivity index (χ3v) is 2.62. The first-order chi connectivity index (χ1) is 8.24. The number of hydrogen-bond donors (Lipinski definition) is 1. The van der Waals surface area contributed by atoms with E-state index < -0.39 is 0 Å². The van der Waals surface area contributed by atoms with E-state index in [1.54, 1.807) is 12.4 Å². The fourth-order valence-electron chi connectivity index (χ4n) is 1.38. The van der Waals surface area contributed by atoms with Crippen LogP contribution in [0, 0.1) is 0 Å². The van der Waals surface area contributed by atoms with Crippen molar-refractivity contribution in [3.05, 3.63) is 18.1 Å². The first-order valence-electron chi connectivity index (χ1n) is 6.06. The summed E-state index contributed by atoms with van der Waals surface area (Å²) in [5.74, 6) is 0.599. The van der Waals surface area contributed by atoms with Crippen molar-refractivity contribution in [2.45, 2.75) is 25.4 Å². The van der Waals surface area contributed by atoms with Crippen LogP contribution in [0.15, 0.2) is 12.4 Å². The lowest BCUT2D eigenvalue weighted by Crippen LogP contribution is -2.20. The van der Waals surface area contributed by atoms with Gasteiger partial charge in [0.2, 0.25) is 5.88 Å². The topological polar surface area (TPSA) is 50.3 Å². The molecule has 0 bridgehead atoms. The van der Waals surface area contributed by atoms with Crippen molar-refractivity contribution >= 4 is 0 Å². The van der Waals surface area contributed by atoms with Gasteiger partial charge >= 0.3 is 0 Å². The Kier molecular flexibility index (Phi) is 4.28. The summed E-state index contributed by atoms with van der Waals surface area (Å²) in [6, 6.07) is 0.702. The summed E-state index contributed by atoms with van der Waals surface area (Å²) in [7, 11) is 4.03. The van der Waals surface area contributed by atoms with Crippen molar-refractivity contribution in [2.75, 3.05) is 27.2 Å². The Bertz CT molecular complexity index is 335. The minimum absolute atomic E-state index is 0.599. The molecule has 0 atom stereocenters. The van der Waals surface area contributed by atoms with Crippen molar-refractivity contribution < 1.29 is 4.74 Å². The molecule has 2 rings (SSSR count). The molecule has 1 aromatic rings. The van der Waals surface area contributed by atoms with Gasteiger partial charge in [-0.1, -0.05) is 0 Å². The van der Waals surface area contributed by atoms with Gasteiger partial charge in [0.05, 0.1) is 18.1 Å². The summed E-state index contributed by atoms with van der Waals surface area (Å²) >= 11 is 0. The number of nitrogens with one attached hydrogen (secondary N) is 1. The Morgan fingerprint density at radius 2 is 2.18 bits per heavy atom. The average Bonchev–Trinajstić information content (AvgIpc) is 3.11. The van der Waals surface area contributed by atoms with Gasteiger partial charge in [0.25, 0.3) is 0 Å². The average molecular weight is 236 g/mol. The van der Waals surface area contributed by atoms with E-state index in [1.165, 1.54) is 12.8 Å². The van der Waals surface area contributed by atoms with Crippen LogP contribution in [-0.4, -0.2) is 48.2 Å². The molecular weight excluding hydrogens is 216 g/mol. The number of ether oxygens (including phenoxy) is 1. The normalized spacial score (nSPS) is 15.2. The molecule has 1 N–H and O–H groups in total. The molecule has 5 heteroatoms. The molecule has 0 aliphatic heterocycles. The lowest BCUT2D eigenvalue weighted by Gasteiger charge is -2.10. The van der Waals surface area contributed by atoms with E-state index in [4.69, 9.17) is 4.74 Å². The molecule has 17 heavy (non-hydrogen) atoms. The van der Waals surface area contributed by atoms with Crippen molar-refractivity contribution in [3.63, 3.8) is 0 Å². The second kappa shape index (κ2) is 5.93. The van der Waals surface area contributed by atoms with Crippen molar-refractivity contribution in [1.82, 2.24) is 20.2 Å². The Balaban J connectivity index is 1.72. The van der Waals surface area contributed by atoms with Crippen LogP contribution >= 0.6 is 0 Å². The van der Waals surface area contributed by atoms with E-state index in [0.29, 0.717) is 18.5 Å². The summed E-state index contributed by atoms with van der Waals surface area (Å²) in [5, 5.41) is 3.40. The van der Waals surface area contributed by atoms with Gasteiger partial charge in [-0.25, -0.2) is 4.98 Å². The van der Waals surface area contributed by atoms with Crippen molar-refractivity contribution in [1.29, 1.82) is 0 Å². The Labute approximate surface area is 102 Å². The summed E-state index contributed by atoms with van der Waals surface area (Å²) in [6.07, 6.45) is 6.05. The third kappa shape index (κ3) is 4.66. The maximum Gasteiger partial charge on any atom is 0.232 e. The van der Waals surface area contributed by atoms with Crippen LogP contribution < -0.4 is 10.1 Å². The van der Waals surface area contributed by atoms with E-state index in [-0.39, 0.29) is 0 Å². The molecule has 0 amide bonds. The van der Waals surface area contributed by atoms with Crippen LogP contribution in [-0.2, 0) is 6.54 Å². The molecule has 0 radical (unpaired) electrons. The highest BCUT2D eigenvalue weighted by atomic mass is 16.5. The maximum absolute atomic E-state index is 5.47. The van der Waals surface area contributed by atoms with E-state index in [2.05, 4.69) is 20.2 Å². The van der Waals surface area contributed by atoms with Crippen molar-refractivity contribution in [2.24, 2.45) is 0 Å². The largest absolute Gasteiger partial charge is 0.475 e. The first-order valence-corrected chi connectivity index (χ1v) is 6.06. The predicted octanol–water partition coefficient (Wildman–Crippen LogP) is 0.669. The van der Waals surface area contributed by atoms with Gasteiger partial charge in [-0.05, 0) is 26.9 Å². The van der Waals surface area contributed by atoms with Gasteiger partial charge in [0.1, 0.15) is 6.61 Å². The molecule has 0 unspecified atom stereocenters. The summed E-state index contributed by atoms with van der Waals surface area (Å²) in [6.45, 7) is 2.32. The number of likely N-dealkylation sites (N-methyl/N-ethyl adjacent to an activating group) is 1. The molecule has 5 nitrogen and oxygen atoms in total. The number of aromatic nitrogens is 2. The lowest BCUT2D eigenvalue weighted by molar-refractivity contribution is 0.253. The molecular formula is C12H20N4O. The summed E-state index contributed by atoms with van der Waals surface area (Å²) < 4.78 is 5.47. The summed E-state index contributed by atoms with van der Waals surface area (Å²) in [4.78, 5) is 10.6. The molecule has 0 spiro atoms. The maximum atomic E-state index is 5.47. The molecule has 1 saturated carbocycles. The molecule has 1 heterocycles. The van der Waals surface area contributed by atoms with E-state index >= 15 is 0 Å². The van der Waals surface area contributed by atoms with Crippen LogP contribution in [0.1, 0.15) is 18.5 Å². The second-order valence-corrected chi connectivity index (χ2v) is 4.65. The van der Waals surface area contributed by atoms with Gasteiger partial charge in [0, 0.05) is 19.1 Å². The van der Waals surface area contributed by atoms with Gasteiger partial charge in [-0.15, -0.1) is 0 Å². The fourth-order valence-corrected chi connectivity index (χ4v) is 1.38. The highest BCUT2D eigenvalue weighted by Crippen LogP contribution is 2.18. The van der Waals surface area contributed by atoms with Gasteiger partial charge < -0.3 is 15.0 Å². The standard InChI is InChI=1S/C12H20N4O/c1-16(2)5-6-17-12-9-14-11(8-15-12)7-13-10-3-4-10/h8-10,13H,3-7H2,1-2H3. The molecule has 1 fully saturated rings. The van der Waals surface area contributed by atoms with Gasteiger partial charge in [-0.2, -0.15) is 0 Å². The number of rotatable bonds is 7. The number of hydrogen-bond acceptors (Lipinski definition) is 5. The zero-order valence-corrected chi connectivity index (χ0v) is 10.5. The minimum Gasteiger partial charge on any atom is -0.475 e. The monoisotopic (exact) mass is 236 g/mol. The Morgan fingerprint density at radius 1 is 1.35 bits per heavy atom.